The maximum atomic E-state index is 11.0. The lowest BCUT2D eigenvalue weighted by molar-refractivity contribution is -0.384. The van der Waals surface area contributed by atoms with E-state index in [-0.39, 0.29) is 11.6 Å². The number of nitro benzene ring substituents is 1. The van der Waals surface area contributed by atoms with Crippen molar-refractivity contribution in [1.29, 1.82) is 0 Å². The molecule has 2 N–H and O–H groups in total. The molecule has 0 spiro atoms. The van der Waals surface area contributed by atoms with E-state index in [0.717, 1.165) is 15.7 Å². The first-order valence-electron chi connectivity index (χ1n) is 10.2. The minimum absolute atomic E-state index is 0.0872. The van der Waals surface area contributed by atoms with E-state index in [9.17, 15) is 10.1 Å². The standard InChI is InChI=1S/C21H20BrClN8O3/c1-13-2-5-18(16(22)10-13)25-19-26-20(28-21(27-19)30-6-8-34-9-7-30)29-24-12-14-11-15(31(32)33)3-4-17(14)23/h2-5,10-12H,6-9H2,1H3,(H2,25,26,27,28,29)/b24-12+. The SMILES string of the molecule is Cc1ccc(Nc2nc(N/N=C/c3cc([N+](=O)[O-])ccc3Cl)nc(N3CCOCC3)n2)c(Br)c1. The molecule has 0 unspecified atom stereocenters. The zero-order chi connectivity index (χ0) is 24.1. The Kier molecular flexibility index (Phi) is 7.50. The number of non-ortho nitro benzene ring substituents is 1. The summed E-state index contributed by atoms with van der Waals surface area (Å²) >= 11 is 9.68. The molecule has 34 heavy (non-hydrogen) atoms. The molecule has 13 heteroatoms. The number of rotatable bonds is 7. The molecule has 0 atom stereocenters. The first kappa shape index (κ1) is 23.8. The minimum Gasteiger partial charge on any atom is -0.378 e. The van der Waals surface area contributed by atoms with Crippen molar-refractivity contribution >= 4 is 63.0 Å². The summed E-state index contributed by atoms with van der Waals surface area (Å²) in [4.78, 5) is 26.0. The number of hydrazone groups is 1. The Morgan fingerprint density at radius 3 is 2.68 bits per heavy atom. The van der Waals surface area contributed by atoms with Crippen molar-refractivity contribution in [2.75, 3.05) is 41.9 Å². The predicted octanol–water partition coefficient (Wildman–Crippen LogP) is 4.53. The molecular weight excluding hydrogens is 528 g/mol. The van der Waals surface area contributed by atoms with Crippen LogP contribution in [-0.4, -0.2) is 52.4 Å². The van der Waals surface area contributed by atoms with Gasteiger partial charge in [-0.1, -0.05) is 17.7 Å². The lowest BCUT2D eigenvalue weighted by Crippen LogP contribution is -2.37. The third-order valence-electron chi connectivity index (χ3n) is 4.85. The highest BCUT2D eigenvalue weighted by Crippen LogP contribution is 2.27. The van der Waals surface area contributed by atoms with Crippen LogP contribution in [0, 0.1) is 17.0 Å². The average molecular weight is 548 g/mol. The summed E-state index contributed by atoms with van der Waals surface area (Å²) in [6.45, 7) is 4.43. The van der Waals surface area contributed by atoms with Crippen molar-refractivity contribution in [1.82, 2.24) is 15.0 Å². The quantitative estimate of drug-likeness (QED) is 0.249. The Bertz CT molecular complexity index is 1240. The first-order chi connectivity index (χ1) is 16.4. The Hall–Kier alpha value is -3.35. The molecule has 0 amide bonds. The number of aryl methyl sites for hydroxylation is 1. The van der Waals surface area contributed by atoms with Crippen LogP contribution < -0.4 is 15.6 Å². The van der Waals surface area contributed by atoms with Gasteiger partial charge in [0.2, 0.25) is 17.8 Å². The summed E-state index contributed by atoms with van der Waals surface area (Å²) < 4.78 is 6.29. The average Bonchev–Trinajstić information content (AvgIpc) is 2.82. The van der Waals surface area contributed by atoms with Gasteiger partial charge in [-0.05, 0) is 46.6 Å². The number of morpholine rings is 1. The molecule has 1 aliphatic heterocycles. The van der Waals surface area contributed by atoms with Gasteiger partial charge in [0.25, 0.3) is 5.69 Å². The number of hydrogen-bond donors (Lipinski definition) is 2. The van der Waals surface area contributed by atoms with E-state index in [1.165, 1.54) is 24.4 Å². The van der Waals surface area contributed by atoms with Crippen LogP contribution in [0.1, 0.15) is 11.1 Å². The Balaban J connectivity index is 1.60. The molecule has 0 bridgehead atoms. The second kappa shape index (κ2) is 10.7. The highest BCUT2D eigenvalue weighted by atomic mass is 79.9. The molecular formula is C21H20BrClN8O3. The molecule has 1 aromatic heterocycles. The van der Waals surface area contributed by atoms with E-state index in [2.05, 4.69) is 46.7 Å². The lowest BCUT2D eigenvalue weighted by Gasteiger charge is -2.27. The van der Waals surface area contributed by atoms with Crippen LogP contribution in [0.4, 0.5) is 29.2 Å². The molecule has 1 saturated heterocycles. The third kappa shape index (κ3) is 5.95. The summed E-state index contributed by atoms with van der Waals surface area (Å²) in [5, 5.41) is 18.7. The van der Waals surface area contributed by atoms with Crippen LogP contribution in [0.15, 0.2) is 46.0 Å². The van der Waals surface area contributed by atoms with E-state index >= 15 is 0 Å². The summed E-state index contributed by atoms with van der Waals surface area (Å²) in [5.41, 5.74) is 4.97. The van der Waals surface area contributed by atoms with Crippen LogP contribution in [0.5, 0.6) is 0 Å². The summed E-state index contributed by atoms with van der Waals surface area (Å²) in [6.07, 6.45) is 1.37. The van der Waals surface area contributed by atoms with Gasteiger partial charge < -0.3 is 15.0 Å². The summed E-state index contributed by atoms with van der Waals surface area (Å²) in [7, 11) is 0. The maximum absolute atomic E-state index is 11.0. The van der Waals surface area contributed by atoms with Gasteiger partial charge in [-0.15, -0.1) is 0 Å². The van der Waals surface area contributed by atoms with Gasteiger partial charge in [-0.3, -0.25) is 10.1 Å². The second-order valence-electron chi connectivity index (χ2n) is 7.32. The van der Waals surface area contributed by atoms with E-state index in [4.69, 9.17) is 16.3 Å². The number of nitro groups is 1. The van der Waals surface area contributed by atoms with Gasteiger partial charge in [0.15, 0.2) is 0 Å². The van der Waals surface area contributed by atoms with E-state index < -0.39 is 4.92 Å². The zero-order valence-electron chi connectivity index (χ0n) is 18.0. The Labute approximate surface area is 208 Å². The smallest absolute Gasteiger partial charge is 0.270 e. The van der Waals surface area contributed by atoms with Gasteiger partial charge >= 0.3 is 0 Å². The number of anilines is 4. The number of benzene rings is 2. The highest BCUT2D eigenvalue weighted by molar-refractivity contribution is 9.10. The normalized spacial score (nSPS) is 13.8. The van der Waals surface area contributed by atoms with Crippen LogP contribution in [0.2, 0.25) is 5.02 Å². The molecule has 1 aliphatic rings. The molecule has 0 aliphatic carbocycles. The molecule has 11 nitrogen and oxygen atoms in total. The first-order valence-corrected chi connectivity index (χ1v) is 11.4. The number of hydrogen-bond acceptors (Lipinski definition) is 10. The minimum atomic E-state index is -0.497. The highest BCUT2D eigenvalue weighted by Gasteiger charge is 2.17. The van der Waals surface area contributed by atoms with Gasteiger partial charge in [0, 0.05) is 40.3 Å². The topological polar surface area (TPSA) is 131 Å². The molecule has 0 saturated carbocycles. The third-order valence-corrected chi connectivity index (χ3v) is 5.85. The monoisotopic (exact) mass is 546 g/mol. The number of aromatic nitrogens is 3. The van der Waals surface area contributed by atoms with Crippen molar-refractivity contribution in [3.63, 3.8) is 0 Å². The van der Waals surface area contributed by atoms with Gasteiger partial charge in [0.05, 0.1) is 30.0 Å². The van der Waals surface area contributed by atoms with Crippen molar-refractivity contribution < 1.29 is 9.66 Å². The zero-order valence-corrected chi connectivity index (χ0v) is 20.4. The molecule has 0 radical (unpaired) electrons. The van der Waals surface area contributed by atoms with E-state index in [1.54, 1.807) is 0 Å². The van der Waals surface area contributed by atoms with Gasteiger partial charge in [-0.2, -0.15) is 20.1 Å². The number of nitrogens with zero attached hydrogens (tertiary/aromatic N) is 6. The lowest BCUT2D eigenvalue weighted by atomic mass is 10.2. The maximum Gasteiger partial charge on any atom is 0.270 e. The van der Waals surface area contributed by atoms with Crippen molar-refractivity contribution in [2.24, 2.45) is 5.10 Å². The van der Waals surface area contributed by atoms with Crippen LogP contribution >= 0.6 is 27.5 Å². The number of ether oxygens (including phenoxy) is 1. The van der Waals surface area contributed by atoms with E-state index in [1.807, 2.05) is 30.0 Å². The Morgan fingerprint density at radius 1 is 1.18 bits per heavy atom. The van der Waals surface area contributed by atoms with Crippen molar-refractivity contribution in [3.8, 4) is 0 Å². The molecule has 2 heterocycles. The molecule has 2 aromatic carbocycles. The predicted molar refractivity (Wildman–Crippen MR) is 134 cm³/mol. The van der Waals surface area contributed by atoms with Gasteiger partial charge in [-0.25, -0.2) is 5.43 Å². The molecule has 3 aromatic rings. The fourth-order valence-corrected chi connectivity index (χ4v) is 3.88. The number of nitrogens with one attached hydrogen (secondary N) is 2. The van der Waals surface area contributed by atoms with Crippen LogP contribution in [-0.2, 0) is 4.74 Å². The Morgan fingerprint density at radius 2 is 1.94 bits per heavy atom. The fourth-order valence-electron chi connectivity index (χ4n) is 3.12. The van der Waals surface area contributed by atoms with Crippen LogP contribution in [0.3, 0.4) is 0 Å². The molecule has 4 rings (SSSR count). The second-order valence-corrected chi connectivity index (χ2v) is 8.58. The van der Waals surface area contributed by atoms with Crippen LogP contribution in [0.25, 0.3) is 0 Å². The molecule has 1 fully saturated rings. The number of halogens is 2. The molecule has 176 valence electrons. The van der Waals surface area contributed by atoms with Crippen molar-refractivity contribution in [2.45, 2.75) is 6.92 Å². The van der Waals surface area contributed by atoms with E-state index in [0.29, 0.717) is 48.8 Å². The van der Waals surface area contributed by atoms with Crippen molar-refractivity contribution in [3.05, 3.63) is 67.1 Å². The summed E-state index contributed by atoms with van der Waals surface area (Å²) in [6, 6.07) is 9.99. The largest absolute Gasteiger partial charge is 0.378 e. The van der Waals surface area contributed by atoms with Gasteiger partial charge in [0.1, 0.15) is 0 Å². The summed E-state index contributed by atoms with van der Waals surface area (Å²) in [5.74, 6) is 0.988. The fraction of sp³-hybridized carbons (Fsp3) is 0.238.